The molecule has 0 amide bonds. The Kier molecular flexibility index (Phi) is 5.61. The lowest BCUT2D eigenvalue weighted by atomic mass is 10.2. The lowest BCUT2D eigenvalue weighted by Gasteiger charge is -2.13. The van der Waals surface area contributed by atoms with Crippen molar-refractivity contribution in [1.29, 1.82) is 0 Å². The number of benzene rings is 3. The molecule has 0 unspecified atom stereocenters. The van der Waals surface area contributed by atoms with E-state index in [9.17, 15) is 10.2 Å². The van der Waals surface area contributed by atoms with Crippen LogP contribution in [0.5, 0.6) is 23.0 Å². The molecule has 1 aromatic heterocycles. The summed E-state index contributed by atoms with van der Waals surface area (Å²) in [5.74, 6) is 1.61. The smallest absolute Gasteiger partial charge is 0.162 e. The van der Waals surface area contributed by atoms with Crippen LogP contribution in [0.25, 0.3) is 10.9 Å². The van der Waals surface area contributed by atoms with E-state index in [2.05, 4.69) is 20.6 Å². The zero-order chi connectivity index (χ0) is 21.8. The van der Waals surface area contributed by atoms with Crippen LogP contribution in [0.15, 0.2) is 60.9 Å². The first kappa shape index (κ1) is 20.1. The molecule has 0 radical (unpaired) electrons. The van der Waals surface area contributed by atoms with E-state index in [4.69, 9.17) is 9.47 Å². The molecule has 0 atom stereocenters. The number of ether oxygens (including phenoxy) is 2. The van der Waals surface area contributed by atoms with Gasteiger partial charge in [0.15, 0.2) is 23.0 Å². The van der Waals surface area contributed by atoms with Gasteiger partial charge < -0.3 is 30.3 Å². The van der Waals surface area contributed by atoms with Gasteiger partial charge in [0.05, 0.1) is 19.7 Å². The van der Waals surface area contributed by atoms with Gasteiger partial charge in [0.2, 0.25) is 0 Å². The Morgan fingerprint density at radius 2 is 1.52 bits per heavy atom. The van der Waals surface area contributed by atoms with Gasteiger partial charge in [0.25, 0.3) is 0 Å². The fourth-order valence-electron chi connectivity index (χ4n) is 3.17. The quantitative estimate of drug-likeness (QED) is 0.327. The number of hydrogen-bond acceptors (Lipinski definition) is 8. The minimum atomic E-state index is -0.134. The molecule has 4 rings (SSSR count). The summed E-state index contributed by atoms with van der Waals surface area (Å²) in [6.45, 7) is 0.513. The van der Waals surface area contributed by atoms with Gasteiger partial charge in [0, 0.05) is 29.4 Å². The number of phenolic OH excluding ortho intramolecular Hbond substituents is 2. The minimum Gasteiger partial charge on any atom is -0.504 e. The van der Waals surface area contributed by atoms with Crippen LogP contribution in [0, 0.1) is 0 Å². The zero-order valence-electron chi connectivity index (χ0n) is 17.1. The van der Waals surface area contributed by atoms with Crippen molar-refractivity contribution in [3.63, 3.8) is 0 Å². The zero-order valence-corrected chi connectivity index (χ0v) is 17.1. The van der Waals surface area contributed by atoms with Gasteiger partial charge in [-0.15, -0.1) is 0 Å². The molecule has 0 aliphatic carbocycles. The van der Waals surface area contributed by atoms with Crippen molar-refractivity contribution in [3.05, 3.63) is 66.5 Å². The number of aromatic hydroxyl groups is 2. The third kappa shape index (κ3) is 4.37. The molecule has 4 N–H and O–H groups in total. The number of hydrogen-bond donors (Lipinski definition) is 4. The summed E-state index contributed by atoms with van der Waals surface area (Å²) >= 11 is 0. The maximum Gasteiger partial charge on any atom is 0.162 e. The van der Waals surface area contributed by atoms with Crippen LogP contribution in [-0.2, 0) is 6.54 Å². The van der Waals surface area contributed by atoms with E-state index < -0.39 is 0 Å². The highest BCUT2D eigenvalue weighted by Gasteiger charge is 2.11. The predicted octanol–water partition coefficient (Wildman–Crippen LogP) is 4.41. The molecule has 0 spiro atoms. The number of nitrogens with one attached hydrogen (secondary N) is 2. The first-order valence-corrected chi connectivity index (χ1v) is 9.56. The number of nitrogens with zero attached hydrogens (tertiary/aromatic N) is 2. The molecular weight excluding hydrogens is 396 g/mol. The molecule has 0 saturated carbocycles. The van der Waals surface area contributed by atoms with Gasteiger partial charge in [-0.3, -0.25) is 0 Å². The number of fused-ring (bicyclic) bond motifs is 1. The van der Waals surface area contributed by atoms with Crippen molar-refractivity contribution < 1.29 is 19.7 Å². The van der Waals surface area contributed by atoms with Gasteiger partial charge in [-0.05, 0) is 48.0 Å². The van der Waals surface area contributed by atoms with Gasteiger partial charge in [-0.25, -0.2) is 9.97 Å². The van der Waals surface area contributed by atoms with Crippen molar-refractivity contribution in [3.8, 4) is 23.0 Å². The molecule has 8 heteroatoms. The van der Waals surface area contributed by atoms with Crippen LogP contribution in [0.1, 0.15) is 5.56 Å². The van der Waals surface area contributed by atoms with Crippen LogP contribution >= 0.6 is 0 Å². The Bertz CT molecular complexity index is 1210. The normalized spacial score (nSPS) is 10.6. The third-order valence-electron chi connectivity index (χ3n) is 4.82. The largest absolute Gasteiger partial charge is 0.504 e. The van der Waals surface area contributed by atoms with E-state index in [-0.39, 0.29) is 11.5 Å². The SMILES string of the molecule is COc1cc2ncnc(Nc3ccc(NCc4ccc(O)c(O)c4)cc3)c2cc1OC. The Hall–Kier alpha value is -4.20. The fraction of sp³-hybridized carbons (Fsp3) is 0.130. The first-order chi connectivity index (χ1) is 15.1. The number of anilines is 3. The number of methoxy groups -OCH3 is 2. The number of rotatable bonds is 7. The van der Waals surface area contributed by atoms with Gasteiger partial charge in [-0.2, -0.15) is 0 Å². The monoisotopic (exact) mass is 418 g/mol. The average Bonchev–Trinajstić information content (AvgIpc) is 2.80. The van der Waals surface area contributed by atoms with Gasteiger partial charge >= 0.3 is 0 Å². The van der Waals surface area contributed by atoms with Gasteiger partial charge in [-0.1, -0.05) is 6.07 Å². The van der Waals surface area contributed by atoms with Crippen molar-refractivity contribution in [2.75, 3.05) is 24.9 Å². The minimum absolute atomic E-state index is 0.132. The molecule has 0 aliphatic rings. The first-order valence-electron chi connectivity index (χ1n) is 9.56. The Labute approximate surface area is 179 Å². The second kappa shape index (κ2) is 8.66. The molecule has 158 valence electrons. The molecule has 0 fully saturated rings. The van der Waals surface area contributed by atoms with E-state index in [0.717, 1.165) is 27.8 Å². The molecule has 0 bridgehead atoms. The van der Waals surface area contributed by atoms with E-state index in [0.29, 0.717) is 23.9 Å². The molecule has 8 nitrogen and oxygen atoms in total. The Morgan fingerprint density at radius 3 is 2.23 bits per heavy atom. The second-order valence-corrected chi connectivity index (χ2v) is 6.83. The van der Waals surface area contributed by atoms with Crippen LogP contribution in [0.4, 0.5) is 17.2 Å². The Balaban J connectivity index is 1.49. The van der Waals surface area contributed by atoms with E-state index in [1.165, 1.54) is 18.5 Å². The maximum absolute atomic E-state index is 9.60. The summed E-state index contributed by atoms with van der Waals surface area (Å²) in [4.78, 5) is 8.68. The summed E-state index contributed by atoms with van der Waals surface area (Å²) in [5.41, 5.74) is 3.37. The molecule has 4 aromatic rings. The topological polar surface area (TPSA) is 109 Å². The van der Waals surface area contributed by atoms with E-state index >= 15 is 0 Å². The summed E-state index contributed by atoms with van der Waals surface area (Å²) < 4.78 is 10.7. The Morgan fingerprint density at radius 1 is 0.806 bits per heavy atom. The second-order valence-electron chi connectivity index (χ2n) is 6.83. The maximum atomic E-state index is 9.60. The fourth-order valence-corrected chi connectivity index (χ4v) is 3.17. The summed E-state index contributed by atoms with van der Waals surface area (Å²) in [7, 11) is 3.18. The van der Waals surface area contributed by atoms with E-state index in [1.54, 1.807) is 20.3 Å². The highest BCUT2D eigenvalue weighted by molar-refractivity contribution is 5.93. The summed E-state index contributed by atoms with van der Waals surface area (Å²) in [5, 5.41) is 26.4. The third-order valence-corrected chi connectivity index (χ3v) is 4.82. The van der Waals surface area contributed by atoms with Crippen molar-refractivity contribution in [1.82, 2.24) is 9.97 Å². The van der Waals surface area contributed by atoms with Crippen LogP contribution in [0.3, 0.4) is 0 Å². The molecule has 0 saturated heterocycles. The van der Waals surface area contributed by atoms with E-state index in [1.807, 2.05) is 36.4 Å². The predicted molar refractivity (Wildman–Crippen MR) is 119 cm³/mol. The standard InChI is InChI=1S/C23H22N4O4/c1-30-21-10-17-18(11-22(21)31-2)25-13-26-23(17)27-16-6-4-15(5-7-16)24-12-14-3-8-19(28)20(29)9-14/h3-11,13,24,28-29H,12H2,1-2H3,(H,25,26,27). The van der Waals surface area contributed by atoms with Crippen LogP contribution in [-0.4, -0.2) is 34.4 Å². The highest BCUT2D eigenvalue weighted by Crippen LogP contribution is 2.34. The van der Waals surface area contributed by atoms with Crippen molar-refractivity contribution >= 4 is 28.1 Å². The number of aromatic nitrogens is 2. The molecule has 31 heavy (non-hydrogen) atoms. The van der Waals surface area contributed by atoms with Crippen LogP contribution < -0.4 is 20.1 Å². The van der Waals surface area contributed by atoms with Crippen molar-refractivity contribution in [2.45, 2.75) is 6.54 Å². The molecule has 3 aromatic carbocycles. The van der Waals surface area contributed by atoms with Crippen molar-refractivity contribution in [2.24, 2.45) is 0 Å². The lowest BCUT2D eigenvalue weighted by molar-refractivity contribution is 0.356. The molecular formula is C23H22N4O4. The van der Waals surface area contributed by atoms with Gasteiger partial charge in [0.1, 0.15) is 12.1 Å². The average molecular weight is 418 g/mol. The summed E-state index contributed by atoms with van der Waals surface area (Å²) in [6, 6.07) is 16.2. The molecule has 1 heterocycles. The van der Waals surface area contributed by atoms with Crippen LogP contribution in [0.2, 0.25) is 0 Å². The lowest BCUT2D eigenvalue weighted by Crippen LogP contribution is -2.00. The molecule has 0 aliphatic heterocycles. The highest BCUT2D eigenvalue weighted by atomic mass is 16.5. The summed E-state index contributed by atoms with van der Waals surface area (Å²) in [6.07, 6.45) is 1.50. The number of phenols is 2.